The van der Waals surface area contributed by atoms with Crippen LogP contribution in [0.2, 0.25) is 0 Å². The van der Waals surface area contributed by atoms with Crippen molar-refractivity contribution in [1.29, 1.82) is 5.26 Å². The Labute approximate surface area is 113 Å². The number of hydrogen-bond acceptors (Lipinski definition) is 5. The summed E-state index contributed by atoms with van der Waals surface area (Å²) in [6.07, 6.45) is 3.78. The molecular weight excluding hydrogens is 244 g/mol. The lowest BCUT2D eigenvalue weighted by Crippen LogP contribution is -2.30. The number of likely N-dealkylation sites (tertiary alicyclic amines) is 1. The number of piperidine rings is 1. The van der Waals surface area contributed by atoms with Gasteiger partial charge in [-0.05, 0) is 63.8 Å². The maximum atomic E-state index is 9.04. The third-order valence-electron chi connectivity index (χ3n) is 3.65. The molecule has 2 heterocycles. The highest BCUT2D eigenvalue weighted by molar-refractivity contribution is 7.10. The highest BCUT2D eigenvalue weighted by atomic mass is 32.1. The fourth-order valence-corrected chi connectivity index (χ4v) is 3.13. The van der Waals surface area contributed by atoms with Gasteiger partial charge in [0.1, 0.15) is 16.6 Å². The maximum absolute atomic E-state index is 9.04. The Hall–Kier alpha value is -1.12. The molecule has 0 spiro atoms. The van der Waals surface area contributed by atoms with E-state index in [9.17, 15) is 0 Å². The van der Waals surface area contributed by atoms with E-state index >= 15 is 0 Å². The molecule has 1 aromatic heterocycles. The Morgan fingerprint density at radius 1 is 1.50 bits per heavy atom. The van der Waals surface area contributed by atoms with Crippen molar-refractivity contribution in [3.05, 3.63) is 11.3 Å². The second-order valence-corrected chi connectivity index (χ2v) is 5.82. The minimum Gasteiger partial charge on any atom is -0.375 e. The zero-order valence-electron chi connectivity index (χ0n) is 11.1. The van der Waals surface area contributed by atoms with Crippen molar-refractivity contribution in [1.82, 2.24) is 9.27 Å². The predicted molar refractivity (Wildman–Crippen MR) is 74.9 cm³/mol. The van der Waals surface area contributed by atoms with E-state index in [4.69, 9.17) is 5.26 Å². The summed E-state index contributed by atoms with van der Waals surface area (Å²) in [5.74, 6) is 0.827. The van der Waals surface area contributed by atoms with Gasteiger partial charge in [0, 0.05) is 6.54 Å². The van der Waals surface area contributed by atoms with Crippen molar-refractivity contribution < 1.29 is 0 Å². The van der Waals surface area contributed by atoms with Gasteiger partial charge in [0.05, 0.1) is 5.69 Å². The summed E-state index contributed by atoms with van der Waals surface area (Å²) in [4.78, 5) is 2.39. The average molecular weight is 264 g/mol. The van der Waals surface area contributed by atoms with Crippen LogP contribution >= 0.6 is 11.5 Å². The van der Waals surface area contributed by atoms with Crippen LogP contribution in [0.1, 0.15) is 30.5 Å². The number of anilines is 1. The molecule has 98 valence electrons. The van der Waals surface area contributed by atoms with Crippen LogP contribution in [0.4, 0.5) is 5.00 Å². The van der Waals surface area contributed by atoms with Crippen molar-refractivity contribution in [3.63, 3.8) is 0 Å². The van der Waals surface area contributed by atoms with Crippen LogP contribution in [0.3, 0.4) is 0 Å². The molecule has 0 amide bonds. The third-order valence-corrected chi connectivity index (χ3v) is 4.55. The second-order valence-electron chi connectivity index (χ2n) is 5.05. The van der Waals surface area contributed by atoms with E-state index in [0.29, 0.717) is 5.56 Å². The van der Waals surface area contributed by atoms with Crippen molar-refractivity contribution in [2.75, 3.05) is 32.0 Å². The van der Waals surface area contributed by atoms with Crippen LogP contribution in [-0.4, -0.2) is 36.0 Å². The van der Waals surface area contributed by atoms with Crippen molar-refractivity contribution in [3.8, 4) is 6.07 Å². The summed E-state index contributed by atoms with van der Waals surface area (Å²) in [6.45, 7) is 5.27. The van der Waals surface area contributed by atoms with Crippen molar-refractivity contribution in [2.24, 2.45) is 5.92 Å². The first-order valence-corrected chi connectivity index (χ1v) is 7.27. The highest BCUT2D eigenvalue weighted by Crippen LogP contribution is 2.24. The van der Waals surface area contributed by atoms with Gasteiger partial charge in [0.2, 0.25) is 0 Å². The lowest BCUT2D eigenvalue weighted by Gasteiger charge is -2.28. The van der Waals surface area contributed by atoms with Crippen LogP contribution in [0.15, 0.2) is 0 Å². The number of rotatable bonds is 4. The van der Waals surface area contributed by atoms with E-state index in [2.05, 4.69) is 27.7 Å². The molecule has 18 heavy (non-hydrogen) atoms. The zero-order chi connectivity index (χ0) is 13.0. The molecule has 0 saturated carbocycles. The molecule has 1 N–H and O–H groups in total. The van der Waals surface area contributed by atoms with Gasteiger partial charge >= 0.3 is 0 Å². The summed E-state index contributed by atoms with van der Waals surface area (Å²) >= 11 is 1.40. The van der Waals surface area contributed by atoms with E-state index in [1.807, 2.05) is 6.92 Å². The molecule has 0 radical (unpaired) electrons. The van der Waals surface area contributed by atoms with Gasteiger partial charge in [0.15, 0.2) is 0 Å². The molecule has 1 aliphatic rings. The molecule has 0 bridgehead atoms. The Kier molecular flexibility index (Phi) is 4.56. The van der Waals surface area contributed by atoms with Crippen LogP contribution in [-0.2, 0) is 0 Å². The Morgan fingerprint density at radius 3 is 2.89 bits per heavy atom. The minimum atomic E-state index is 0.711. The van der Waals surface area contributed by atoms with Crippen molar-refractivity contribution >= 4 is 16.5 Å². The Balaban J connectivity index is 1.77. The van der Waals surface area contributed by atoms with Crippen LogP contribution in [0.25, 0.3) is 0 Å². The SMILES string of the molecule is Cc1nsc(NCCC2CCN(C)CC2)c1C#N. The van der Waals surface area contributed by atoms with Gasteiger partial charge in [-0.1, -0.05) is 0 Å². The third kappa shape index (κ3) is 3.21. The second kappa shape index (κ2) is 6.17. The molecule has 0 aliphatic carbocycles. The quantitative estimate of drug-likeness (QED) is 0.907. The lowest BCUT2D eigenvalue weighted by atomic mass is 9.94. The van der Waals surface area contributed by atoms with E-state index in [1.165, 1.54) is 43.9 Å². The molecule has 0 unspecified atom stereocenters. The average Bonchev–Trinajstić information content (AvgIpc) is 2.72. The smallest absolute Gasteiger partial charge is 0.127 e. The van der Waals surface area contributed by atoms with Gasteiger partial charge in [-0.25, -0.2) is 0 Å². The normalized spacial score (nSPS) is 17.6. The molecule has 1 aromatic rings. The molecule has 2 rings (SSSR count). The van der Waals surface area contributed by atoms with E-state index < -0.39 is 0 Å². The number of nitrogens with one attached hydrogen (secondary N) is 1. The fourth-order valence-electron chi connectivity index (χ4n) is 2.36. The predicted octanol–water partition coefficient (Wildman–Crippen LogP) is 2.47. The van der Waals surface area contributed by atoms with E-state index in [-0.39, 0.29) is 0 Å². The van der Waals surface area contributed by atoms with E-state index in [1.54, 1.807) is 0 Å². The van der Waals surface area contributed by atoms with Crippen LogP contribution < -0.4 is 5.32 Å². The molecule has 0 atom stereocenters. The number of nitrogens with zero attached hydrogens (tertiary/aromatic N) is 3. The molecule has 4 nitrogen and oxygen atoms in total. The number of aryl methyl sites for hydroxylation is 1. The van der Waals surface area contributed by atoms with E-state index in [0.717, 1.165) is 23.2 Å². The Bertz CT molecular complexity index is 427. The standard InChI is InChI=1S/C13H20N4S/c1-10-12(9-14)13(18-16-10)15-6-3-11-4-7-17(2)8-5-11/h11,15H,3-8H2,1-2H3. The van der Waals surface area contributed by atoms with Crippen LogP contribution in [0, 0.1) is 24.2 Å². The molecule has 0 aromatic carbocycles. The summed E-state index contributed by atoms with van der Waals surface area (Å²) < 4.78 is 4.21. The molecule has 5 heteroatoms. The summed E-state index contributed by atoms with van der Waals surface area (Å²) in [5, 5.41) is 13.3. The van der Waals surface area contributed by atoms with Gasteiger partial charge in [-0.15, -0.1) is 0 Å². The first-order chi connectivity index (χ1) is 8.70. The Morgan fingerprint density at radius 2 is 2.22 bits per heavy atom. The summed E-state index contributed by atoms with van der Waals surface area (Å²) in [7, 11) is 2.19. The van der Waals surface area contributed by atoms with Gasteiger partial charge < -0.3 is 10.2 Å². The van der Waals surface area contributed by atoms with Gasteiger partial charge in [-0.3, -0.25) is 0 Å². The highest BCUT2D eigenvalue weighted by Gasteiger charge is 2.16. The maximum Gasteiger partial charge on any atom is 0.127 e. The minimum absolute atomic E-state index is 0.711. The summed E-state index contributed by atoms with van der Waals surface area (Å²) in [5.41, 5.74) is 1.55. The lowest BCUT2D eigenvalue weighted by molar-refractivity contribution is 0.215. The summed E-state index contributed by atoms with van der Waals surface area (Å²) in [6, 6.07) is 2.22. The largest absolute Gasteiger partial charge is 0.375 e. The first kappa shape index (κ1) is 13.3. The number of hydrogen-bond donors (Lipinski definition) is 1. The topological polar surface area (TPSA) is 52.0 Å². The zero-order valence-corrected chi connectivity index (χ0v) is 11.9. The number of nitriles is 1. The first-order valence-electron chi connectivity index (χ1n) is 6.49. The molecule has 1 aliphatic heterocycles. The van der Waals surface area contributed by atoms with Gasteiger partial charge in [0.25, 0.3) is 0 Å². The van der Waals surface area contributed by atoms with Gasteiger partial charge in [-0.2, -0.15) is 9.64 Å². The van der Waals surface area contributed by atoms with Crippen LogP contribution in [0.5, 0.6) is 0 Å². The molecule has 1 fully saturated rings. The monoisotopic (exact) mass is 264 g/mol. The fraction of sp³-hybridized carbons (Fsp3) is 0.692. The number of aromatic nitrogens is 1. The molecular formula is C13H20N4S. The van der Waals surface area contributed by atoms with Crippen molar-refractivity contribution in [2.45, 2.75) is 26.2 Å². The molecule has 1 saturated heterocycles.